The molecule has 0 rings (SSSR count). The van der Waals surface area contributed by atoms with Gasteiger partial charge in [0.1, 0.15) is 0 Å². The fraction of sp³-hybridized carbons (Fsp3) is 0.917. The van der Waals surface area contributed by atoms with Crippen LogP contribution < -0.4 is 67.3 Å². The largest absolute Gasteiger partial charge is 1.00 e. The van der Waals surface area contributed by atoms with E-state index >= 15 is 0 Å². The number of hydrogen-bond acceptors (Lipinski definition) is 4. The van der Waals surface area contributed by atoms with E-state index in [-0.39, 0.29) is 67.3 Å². The van der Waals surface area contributed by atoms with Crippen molar-refractivity contribution >= 4 is 10.4 Å². The average Bonchev–Trinajstić information content (AvgIpc) is 2.20. The van der Waals surface area contributed by atoms with Gasteiger partial charge in [0, 0.05) is 10.4 Å². The van der Waals surface area contributed by atoms with Crippen LogP contribution in [-0.2, 0) is 10.4 Å². The summed E-state index contributed by atoms with van der Waals surface area (Å²) in [5.74, 6) is 0. The minimum atomic E-state index is -5.17. The van der Waals surface area contributed by atoms with Crippen LogP contribution in [0.4, 0.5) is 0 Å². The Morgan fingerprint density at radius 1 is 0.800 bits per heavy atom. The van der Waals surface area contributed by atoms with Crippen LogP contribution >= 0.6 is 0 Å². The second kappa shape index (κ2) is 26.0. The Bertz CT molecular complexity index is 222. The van der Waals surface area contributed by atoms with Gasteiger partial charge < -0.3 is 16.0 Å². The van der Waals surface area contributed by atoms with Crippen molar-refractivity contribution in [1.82, 2.24) is 0 Å². The Hall–Kier alpha value is 2.06. The third-order valence-electron chi connectivity index (χ3n) is 2.35. The van der Waals surface area contributed by atoms with Gasteiger partial charge in [-0.3, -0.25) is 8.42 Å². The van der Waals surface area contributed by atoms with Gasteiger partial charge in [-0.25, -0.2) is 0 Å². The van der Waals surface area contributed by atoms with E-state index < -0.39 is 10.4 Å². The SMILES string of the molecule is O=S(=O)([O-])[O-].[CH2-]CCCCCCCCCCC.[Li+].[Li+].[Na+]. The fourth-order valence-corrected chi connectivity index (χ4v) is 1.49. The Kier molecular flexibility index (Phi) is 43.7. The van der Waals surface area contributed by atoms with Crippen LogP contribution in [0.2, 0.25) is 0 Å². The molecule has 0 spiro atoms. The molecule has 0 aliphatic carbocycles. The molecule has 106 valence electrons. The zero-order valence-electron chi connectivity index (χ0n) is 13.8. The average molecular weight is 302 g/mol. The molecular formula is C12H25Li2NaO4S. The van der Waals surface area contributed by atoms with E-state index in [0.717, 1.165) is 6.42 Å². The molecule has 0 bridgehead atoms. The first-order valence-corrected chi connectivity index (χ1v) is 7.71. The predicted octanol–water partition coefficient (Wildman–Crippen LogP) is -5.58. The van der Waals surface area contributed by atoms with Crippen LogP contribution in [-0.4, -0.2) is 17.5 Å². The van der Waals surface area contributed by atoms with Crippen molar-refractivity contribution in [3.8, 4) is 0 Å². The van der Waals surface area contributed by atoms with Crippen molar-refractivity contribution in [2.75, 3.05) is 0 Å². The zero-order chi connectivity index (χ0) is 13.6. The van der Waals surface area contributed by atoms with Gasteiger partial charge in [-0.1, -0.05) is 64.7 Å². The summed E-state index contributed by atoms with van der Waals surface area (Å²) in [4.78, 5) is 0. The molecule has 0 amide bonds. The zero-order valence-corrected chi connectivity index (χ0v) is 16.6. The predicted molar refractivity (Wildman–Crippen MR) is 67.7 cm³/mol. The second-order valence-corrected chi connectivity index (χ2v) is 4.91. The molecule has 0 saturated heterocycles. The van der Waals surface area contributed by atoms with Gasteiger partial charge in [-0.2, -0.15) is 6.42 Å². The van der Waals surface area contributed by atoms with Crippen LogP contribution in [0.1, 0.15) is 71.1 Å². The van der Waals surface area contributed by atoms with Gasteiger partial charge in [0.25, 0.3) is 0 Å². The van der Waals surface area contributed by atoms with Gasteiger partial charge >= 0.3 is 67.3 Å². The third kappa shape index (κ3) is 59.6. The maximum absolute atomic E-state index is 8.52. The van der Waals surface area contributed by atoms with Crippen LogP contribution in [0.25, 0.3) is 0 Å². The van der Waals surface area contributed by atoms with Crippen molar-refractivity contribution in [2.24, 2.45) is 0 Å². The van der Waals surface area contributed by atoms with Crippen molar-refractivity contribution in [1.29, 1.82) is 0 Å². The molecule has 0 aromatic rings. The molecule has 0 aliphatic heterocycles. The molecule has 0 aromatic carbocycles. The molecule has 0 aromatic heterocycles. The topological polar surface area (TPSA) is 80.3 Å². The first-order chi connectivity index (χ1) is 7.91. The molecule has 0 radical (unpaired) electrons. The van der Waals surface area contributed by atoms with E-state index in [2.05, 4.69) is 13.8 Å². The second-order valence-electron chi connectivity index (χ2n) is 4.09. The number of rotatable bonds is 9. The van der Waals surface area contributed by atoms with E-state index in [1.807, 2.05) is 0 Å². The van der Waals surface area contributed by atoms with Crippen LogP contribution in [0.5, 0.6) is 0 Å². The molecule has 20 heavy (non-hydrogen) atoms. The van der Waals surface area contributed by atoms with Crippen molar-refractivity contribution in [2.45, 2.75) is 71.1 Å². The summed E-state index contributed by atoms with van der Waals surface area (Å²) in [6, 6.07) is 0. The minimum Gasteiger partial charge on any atom is -0.759 e. The third-order valence-corrected chi connectivity index (χ3v) is 2.35. The van der Waals surface area contributed by atoms with Crippen LogP contribution in [0, 0.1) is 6.92 Å². The van der Waals surface area contributed by atoms with Crippen molar-refractivity contribution < 1.29 is 84.8 Å². The van der Waals surface area contributed by atoms with E-state index in [1.54, 1.807) is 0 Å². The summed E-state index contributed by atoms with van der Waals surface area (Å²) in [6.45, 7) is 6.12. The summed E-state index contributed by atoms with van der Waals surface area (Å²) in [7, 11) is -5.17. The Morgan fingerprint density at radius 3 is 1.30 bits per heavy atom. The Morgan fingerprint density at radius 2 is 1.05 bits per heavy atom. The van der Waals surface area contributed by atoms with Crippen molar-refractivity contribution in [3.63, 3.8) is 0 Å². The van der Waals surface area contributed by atoms with Crippen LogP contribution in [0.3, 0.4) is 0 Å². The molecule has 0 fully saturated rings. The van der Waals surface area contributed by atoms with Gasteiger partial charge in [-0.05, 0) is 0 Å². The summed E-state index contributed by atoms with van der Waals surface area (Å²) >= 11 is 0. The van der Waals surface area contributed by atoms with Crippen LogP contribution in [0.15, 0.2) is 0 Å². The Balaban J connectivity index is -0.0000000821. The molecule has 0 aliphatic rings. The maximum atomic E-state index is 8.52. The quantitative estimate of drug-likeness (QED) is 0.140. The number of unbranched alkanes of at least 4 members (excludes halogenated alkanes) is 9. The minimum absolute atomic E-state index is 0. The van der Waals surface area contributed by atoms with E-state index in [0.29, 0.717) is 0 Å². The normalized spacial score (nSPS) is 9.20. The fourth-order valence-electron chi connectivity index (χ4n) is 1.49. The standard InChI is InChI=1S/C12H25.2Li.Na.H2O4S/c1-3-5-7-9-11-12-10-8-6-4-2;;;;1-5(2,3)4/h1,3-12H2,2H3;;;;(H2,1,2,3,4)/q-1;3*+1;/p-2. The molecule has 0 N–H and O–H groups in total. The smallest absolute Gasteiger partial charge is 0.759 e. The molecular weight excluding hydrogens is 277 g/mol. The van der Waals surface area contributed by atoms with E-state index in [1.165, 1.54) is 57.8 Å². The monoisotopic (exact) mass is 302 g/mol. The first kappa shape index (κ1) is 33.6. The molecule has 0 atom stereocenters. The summed E-state index contributed by atoms with van der Waals surface area (Å²) in [5.41, 5.74) is 0. The van der Waals surface area contributed by atoms with Gasteiger partial charge in [-0.15, -0.1) is 0 Å². The molecule has 0 saturated carbocycles. The van der Waals surface area contributed by atoms with E-state index in [4.69, 9.17) is 17.5 Å². The van der Waals surface area contributed by atoms with Crippen molar-refractivity contribution in [3.05, 3.63) is 6.92 Å². The summed E-state index contributed by atoms with van der Waals surface area (Å²) in [5, 5.41) is 0. The summed E-state index contributed by atoms with van der Waals surface area (Å²) < 4.78 is 34.1. The molecule has 0 unspecified atom stereocenters. The molecule has 4 nitrogen and oxygen atoms in total. The molecule has 0 heterocycles. The first-order valence-electron chi connectivity index (χ1n) is 6.37. The van der Waals surface area contributed by atoms with Gasteiger partial charge in [0.05, 0.1) is 0 Å². The van der Waals surface area contributed by atoms with Gasteiger partial charge in [0.15, 0.2) is 0 Å². The Labute approximate surface area is 171 Å². The number of hydrogen-bond donors (Lipinski definition) is 0. The van der Waals surface area contributed by atoms with Gasteiger partial charge in [0.2, 0.25) is 0 Å². The summed E-state index contributed by atoms with van der Waals surface area (Å²) in [6.07, 6.45) is 13.9. The van der Waals surface area contributed by atoms with E-state index in [9.17, 15) is 0 Å². The molecule has 8 heteroatoms. The maximum Gasteiger partial charge on any atom is 1.00 e.